The fourth-order valence-electron chi connectivity index (χ4n) is 1.03. The van der Waals surface area contributed by atoms with E-state index in [0.29, 0.717) is 19.1 Å². The van der Waals surface area contributed by atoms with E-state index in [1.807, 2.05) is 0 Å². The highest BCUT2D eigenvalue weighted by Crippen LogP contribution is 2.14. The lowest BCUT2D eigenvalue weighted by Crippen LogP contribution is -2.27. The number of nitrogens with zero attached hydrogens (tertiary/aromatic N) is 2. The summed E-state index contributed by atoms with van der Waals surface area (Å²) < 4.78 is 5.63. The van der Waals surface area contributed by atoms with E-state index in [-0.39, 0.29) is 15.4 Å². The largest absolute Gasteiger partial charge is 0.380 e. The number of aromatic nitrogens is 2. The minimum Gasteiger partial charge on any atom is -0.380 e. The van der Waals surface area contributed by atoms with Gasteiger partial charge in [-0.1, -0.05) is 25.2 Å². The highest BCUT2D eigenvalue weighted by Gasteiger charge is 2.10. The molecule has 0 spiro atoms. The second-order valence-electron chi connectivity index (χ2n) is 3.91. The number of carbonyl (C=O) groups is 1. The minimum absolute atomic E-state index is 0.262. The number of hydrogen-bond acceptors (Lipinski definition) is 5. The summed E-state index contributed by atoms with van der Waals surface area (Å²) in [6, 6.07) is 0. The van der Waals surface area contributed by atoms with E-state index in [4.69, 9.17) is 16.3 Å². The van der Waals surface area contributed by atoms with Gasteiger partial charge in [0, 0.05) is 13.2 Å². The van der Waals surface area contributed by atoms with Crippen LogP contribution in [0.4, 0.5) is 0 Å². The van der Waals surface area contributed by atoms with Gasteiger partial charge in [-0.05, 0) is 23.9 Å². The fourth-order valence-corrected chi connectivity index (χ4v) is 1.78. The summed E-state index contributed by atoms with van der Waals surface area (Å²) in [7, 11) is 0. The normalized spacial score (nSPS) is 10.8. The van der Waals surface area contributed by atoms with Crippen LogP contribution in [0.25, 0.3) is 0 Å². The average molecular weight is 278 g/mol. The van der Waals surface area contributed by atoms with Crippen molar-refractivity contribution in [3.05, 3.63) is 9.47 Å². The predicted molar refractivity (Wildman–Crippen MR) is 67.5 cm³/mol. The molecular formula is C10H16ClN3O2S. The van der Waals surface area contributed by atoms with E-state index >= 15 is 0 Å². The van der Waals surface area contributed by atoms with E-state index in [1.165, 1.54) is 0 Å². The molecule has 0 fully saturated rings. The predicted octanol–water partition coefficient (Wildman–Crippen LogP) is 1.98. The molecule has 0 aromatic carbocycles. The van der Waals surface area contributed by atoms with Crippen molar-refractivity contribution >= 4 is 28.8 Å². The zero-order valence-corrected chi connectivity index (χ0v) is 11.5. The summed E-state index contributed by atoms with van der Waals surface area (Å²) in [5.74, 6) is 0.370. The zero-order chi connectivity index (χ0) is 12.7. The molecule has 1 N–H and O–H groups in total. The molecule has 0 aliphatic carbocycles. The van der Waals surface area contributed by atoms with Gasteiger partial charge in [0.15, 0.2) is 0 Å². The van der Waals surface area contributed by atoms with Crippen LogP contribution in [0.3, 0.4) is 0 Å². The first-order chi connectivity index (χ1) is 8.09. The quantitative estimate of drug-likeness (QED) is 0.774. The first-order valence-electron chi connectivity index (χ1n) is 5.44. The molecule has 96 valence electrons. The molecule has 0 atom stereocenters. The summed E-state index contributed by atoms with van der Waals surface area (Å²) in [5.41, 5.74) is 0. The van der Waals surface area contributed by atoms with Crippen molar-refractivity contribution < 1.29 is 9.53 Å². The molecule has 1 amide bonds. The van der Waals surface area contributed by atoms with Crippen LogP contribution in [0.2, 0.25) is 4.47 Å². The molecule has 0 saturated carbocycles. The first-order valence-corrected chi connectivity index (χ1v) is 6.64. The molecule has 0 aliphatic rings. The van der Waals surface area contributed by atoms with Crippen molar-refractivity contribution in [2.45, 2.75) is 20.3 Å². The number of carbonyl (C=O) groups excluding carboxylic acids is 1. The van der Waals surface area contributed by atoms with Crippen LogP contribution in [0.15, 0.2) is 0 Å². The van der Waals surface area contributed by atoms with Crippen molar-refractivity contribution in [3.63, 3.8) is 0 Å². The Labute approximate surface area is 110 Å². The number of ether oxygens (including phenoxy) is 1. The van der Waals surface area contributed by atoms with Gasteiger partial charge in [-0.2, -0.15) is 0 Å². The molecule has 0 aliphatic heterocycles. The molecule has 0 saturated heterocycles. The highest BCUT2D eigenvalue weighted by molar-refractivity contribution is 7.17. The second kappa shape index (κ2) is 7.58. The van der Waals surface area contributed by atoms with Crippen LogP contribution in [0.1, 0.15) is 30.1 Å². The Bertz CT molecular complexity index is 357. The van der Waals surface area contributed by atoms with Crippen LogP contribution in [-0.4, -0.2) is 35.9 Å². The highest BCUT2D eigenvalue weighted by atomic mass is 35.5. The van der Waals surface area contributed by atoms with E-state index in [0.717, 1.165) is 24.4 Å². The van der Waals surface area contributed by atoms with Crippen LogP contribution in [0.5, 0.6) is 0 Å². The standard InChI is InChI=1S/C10H16ClN3O2S/c1-7(2)3-5-16-6-4-12-8(15)9-13-14-10(11)17-9/h7H,3-6H2,1-2H3,(H,12,15). The third kappa shape index (κ3) is 5.95. The van der Waals surface area contributed by atoms with Crippen LogP contribution in [-0.2, 0) is 4.74 Å². The van der Waals surface area contributed by atoms with Gasteiger partial charge in [0.05, 0.1) is 6.61 Å². The summed E-state index contributed by atoms with van der Waals surface area (Å²) >= 11 is 6.64. The molecule has 0 bridgehead atoms. The van der Waals surface area contributed by atoms with Crippen molar-refractivity contribution in [2.24, 2.45) is 5.92 Å². The summed E-state index contributed by atoms with van der Waals surface area (Å²) in [6.07, 6.45) is 1.03. The van der Waals surface area contributed by atoms with Crippen molar-refractivity contribution in [3.8, 4) is 0 Å². The number of amides is 1. The Kier molecular flexibility index (Phi) is 6.39. The fraction of sp³-hybridized carbons (Fsp3) is 0.700. The van der Waals surface area contributed by atoms with Crippen LogP contribution < -0.4 is 5.32 Å². The van der Waals surface area contributed by atoms with Crippen LogP contribution >= 0.6 is 22.9 Å². The Hall–Kier alpha value is -0.720. The lowest BCUT2D eigenvalue weighted by atomic mass is 10.1. The number of hydrogen-bond donors (Lipinski definition) is 1. The van der Waals surface area contributed by atoms with Gasteiger partial charge in [0.25, 0.3) is 5.91 Å². The van der Waals surface area contributed by atoms with Gasteiger partial charge in [0.2, 0.25) is 9.47 Å². The molecule has 7 heteroatoms. The Morgan fingerprint density at radius 2 is 2.24 bits per heavy atom. The maximum Gasteiger partial charge on any atom is 0.282 e. The molecule has 1 aromatic heterocycles. The van der Waals surface area contributed by atoms with E-state index in [9.17, 15) is 4.79 Å². The zero-order valence-electron chi connectivity index (χ0n) is 9.90. The summed E-state index contributed by atoms with van der Waals surface area (Å²) in [6.45, 7) is 5.98. The molecule has 1 heterocycles. The van der Waals surface area contributed by atoms with E-state index in [1.54, 1.807) is 0 Å². The van der Waals surface area contributed by atoms with E-state index in [2.05, 4.69) is 29.4 Å². The third-order valence-corrected chi connectivity index (χ3v) is 2.98. The molecule has 1 rings (SSSR count). The number of halogens is 1. The van der Waals surface area contributed by atoms with Gasteiger partial charge in [-0.3, -0.25) is 4.79 Å². The first kappa shape index (κ1) is 14.3. The Morgan fingerprint density at radius 1 is 1.47 bits per heavy atom. The average Bonchev–Trinajstić information content (AvgIpc) is 2.69. The number of rotatable bonds is 7. The van der Waals surface area contributed by atoms with Crippen molar-refractivity contribution in [1.82, 2.24) is 15.5 Å². The Morgan fingerprint density at radius 3 is 2.82 bits per heavy atom. The molecule has 0 radical (unpaired) electrons. The smallest absolute Gasteiger partial charge is 0.282 e. The number of nitrogens with one attached hydrogen (secondary N) is 1. The van der Waals surface area contributed by atoms with Gasteiger partial charge < -0.3 is 10.1 Å². The Balaban J connectivity index is 2.09. The maximum atomic E-state index is 11.5. The summed E-state index contributed by atoms with van der Waals surface area (Å²) in [5, 5.41) is 10.2. The van der Waals surface area contributed by atoms with Crippen molar-refractivity contribution in [1.29, 1.82) is 0 Å². The summed E-state index contributed by atoms with van der Waals surface area (Å²) in [4.78, 5) is 11.5. The van der Waals surface area contributed by atoms with Crippen molar-refractivity contribution in [2.75, 3.05) is 19.8 Å². The van der Waals surface area contributed by atoms with E-state index < -0.39 is 0 Å². The lowest BCUT2D eigenvalue weighted by molar-refractivity contribution is 0.0905. The van der Waals surface area contributed by atoms with Crippen LogP contribution in [0, 0.1) is 5.92 Å². The molecule has 0 unspecified atom stereocenters. The second-order valence-corrected chi connectivity index (χ2v) is 5.47. The van der Waals surface area contributed by atoms with Gasteiger partial charge in [-0.25, -0.2) is 0 Å². The molecular weight excluding hydrogens is 262 g/mol. The molecule has 17 heavy (non-hydrogen) atoms. The molecule has 5 nitrogen and oxygen atoms in total. The van der Waals surface area contributed by atoms with Gasteiger partial charge in [-0.15, -0.1) is 10.2 Å². The topological polar surface area (TPSA) is 64.1 Å². The monoisotopic (exact) mass is 277 g/mol. The third-order valence-electron chi connectivity index (χ3n) is 1.97. The maximum absolute atomic E-state index is 11.5. The lowest BCUT2D eigenvalue weighted by Gasteiger charge is -2.06. The van der Waals surface area contributed by atoms with Gasteiger partial charge >= 0.3 is 0 Å². The SMILES string of the molecule is CC(C)CCOCCNC(=O)c1nnc(Cl)s1. The minimum atomic E-state index is -0.262. The van der Waals surface area contributed by atoms with Gasteiger partial charge in [0.1, 0.15) is 0 Å². The molecule has 1 aromatic rings.